The van der Waals surface area contributed by atoms with Gasteiger partial charge in [0.2, 0.25) is 6.10 Å². The summed E-state index contributed by atoms with van der Waals surface area (Å²) in [5, 5.41) is 9.08. The van der Waals surface area contributed by atoms with E-state index in [1.807, 2.05) is 30.3 Å². The van der Waals surface area contributed by atoms with Gasteiger partial charge in [0.05, 0.1) is 5.92 Å². The summed E-state index contributed by atoms with van der Waals surface area (Å²) in [6.07, 6.45) is -1.18. The second-order valence-corrected chi connectivity index (χ2v) is 7.20. The molecule has 0 radical (unpaired) electrons. The molecule has 1 N–H and O–H groups in total. The van der Waals surface area contributed by atoms with Gasteiger partial charge in [0, 0.05) is 24.2 Å². The first-order chi connectivity index (χ1) is 10.9. The number of carboxylic acids is 1. The number of hydrogen-bond acceptors (Lipinski definition) is 6. The smallest absolute Gasteiger partial charge is 0.345 e. The van der Waals surface area contributed by atoms with E-state index in [1.54, 1.807) is 6.92 Å². The first-order valence-corrected chi connectivity index (χ1v) is 9.22. The van der Waals surface area contributed by atoms with Crippen LogP contribution in [0.25, 0.3) is 0 Å². The second-order valence-electron chi connectivity index (χ2n) is 4.97. The molecule has 1 rings (SSSR count). The third kappa shape index (κ3) is 8.08. The van der Waals surface area contributed by atoms with Gasteiger partial charge in [-0.05, 0) is 5.56 Å². The Morgan fingerprint density at radius 2 is 1.83 bits per heavy atom. The summed E-state index contributed by atoms with van der Waals surface area (Å²) in [5.41, 5.74) is 1.08. The largest absolute Gasteiger partial charge is 0.478 e. The second kappa shape index (κ2) is 10.3. The lowest BCUT2D eigenvalue weighted by atomic mass is 10.2. The maximum Gasteiger partial charge on any atom is 0.345 e. The molecule has 0 aliphatic rings. The Hall–Kier alpha value is -1.47. The van der Waals surface area contributed by atoms with Gasteiger partial charge in [-0.1, -0.05) is 49.0 Å². The molecule has 0 aliphatic carbocycles. The quantitative estimate of drug-likeness (QED) is 0.681. The van der Waals surface area contributed by atoms with Gasteiger partial charge in [-0.15, -0.1) is 0 Å². The molecule has 0 bridgehead atoms. The fourth-order valence-electron chi connectivity index (χ4n) is 1.58. The van der Waals surface area contributed by atoms with Gasteiger partial charge < -0.3 is 9.84 Å². The fraction of sp³-hybridized carbons (Fsp3) is 0.438. The van der Waals surface area contributed by atoms with Crippen molar-refractivity contribution in [2.24, 2.45) is 5.92 Å². The highest BCUT2D eigenvalue weighted by molar-refractivity contribution is 8.13. The van der Waals surface area contributed by atoms with Crippen molar-refractivity contribution in [3.8, 4) is 0 Å². The average Bonchev–Trinajstić information content (AvgIpc) is 2.52. The number of hydrogen-bond donors (Lipinski definition) is 1. The number of thioether (sulfide) groups is 2. The molecular weight excluding hydrogens is 336 g/mol. The van der Waals surface area contributed by atoms with E-state index in [0.717, 1.165) is 17.3 Å². The molecule has 7 heteroatoms. The van der Waals surface area contributed by atoms with Crippen molar-refractivity contribution < 1.29 is 24.2 Å². The van der Waals surface area contributed by atoms with Crippen molar-refractivity contribution in [1.29, 1.82) is 0 Å². The van der Waals surface area contributed by atoms with Crippen molar-refractivity contribution in [3.05, 3.63) is 35.9 Å². The first kappa shape index (κ1) is 19.6. The van der Waals surface area contributed by atoms with Crippen molar-refractivity contribution in [3.63, 3.8) is 0 Å². The van der Waals surface area contributed by atoms with Gasteiger partial charge in [-0.2, -0.15) is 11.8 Å². The highest BCUT2D eigenvalue weighted by Gasteiger charge is 2.25. The Morgan fingerprint density at radius 3 is 2.39 bits per heavy atom. The Bertz CT molecular complexity index is 533. The molecule has 1 aromatic rings. The number of carbonyl (C=O) groups excluding carboxylic acids is 2. The van der Waals surface area contributed by atoms with Crippen LogP contribution >= 0.6 is 23.5 Å². The summed E-state index contributed by atoms with van der Waals surface area (Å²) in [5.74, 6) is -1.15. The number of carboxylic acid groups (broad SMARTS) is 1. The maximum absolute atomic E-state index is 11.9. The summed E-state index contributed by atoms with van der Waals surface area (Å²) < 4.78 is 5.06. The molecular formula is C16H20O5S2. The van der Waals surface area contributed by atoms with Gasteiger partial charge in [0.1, 0.15) is 0 Å². The van der Waals surface area contributed by atoms with Crippen LogP contribution in [0, 0.1) is 5.92 Å². The van der Waals surface area contributed by atoms with Crippen molar-refractivity contribution in [1.82, 2.24) is 0 Å². The Balaban J connectivity index is 2.43. The molecule has 0 unspecified atom stereocenters. The van der Waals surface area contributed by atoms with Crippen LogP contribution in [0.4, 0.5) is 0 Å². The first-order valence-electron chi connectivity index (χ1n) is 7.08. The summed E-state index contributed by atoms with van der Waals surface area (Å²) >= 11 is 2.42. The predicted octanol–water partition coefficient (Wildman–Crippen LogP) is 2.83. The van der Waals surface area contributed by atoms with E-state index < -0.39 is 24.0 Å². The highest BCUT2D eigenvalue weighted by atomic mass is 32.2. The summed E-state index contributed by atoms with van der Waals surface area (Å²) in [4.78, 5) is 34.0. The summed E-state index contributed by atoms with van der Waals surface area (Å²) in [6, 6.07) is 9.65. The van der Waals surface area contributed by atoms with E-state index in [-0.39, 0.29) is 16.6 Å². The van der Waals surface area contributed by atoms with Gasteiger partial charge in [0.25, 0.3) is 0 Å². The lowest BCUT2D eigenvalue weighted by Gasteiger charge is -2.16. The molecule has 5 nitrogen and oxygen atoms in total. The number of benzene rings is 1. The minimum Gasteiger partial charge on any atom is -0.478 e. The number of aliphatic carboxylic acids is 1. The molecule has 0 aromatic heterocycles. The van der Waals surface area contributed by atoms with E-state index in [4.69, 9.17) is 9.84 Å². The fourth-order valence-corrected chi connectivity index (χ4v) is 3.17. The summed E-state index contributed by atoms with van der Waals surface area (Å²) in [7, 11) is 0. The molecule has 126 valence electrons. The van der Waals surface area contributed by atoms with Crippen LogP contribution < -0.4 is 0 Å². The zero-order valence-corrected chi connectivity index (χ0v) is 14.7. The maximum atomic E-state index is 11.9. The van der Waals surface area contributed by atoms with Gasteiger partial charge >= 0.3 is 11.9 Å². The van der Waals surface area contributed by atoms with E-state index in [2.05, 4.69) is 0 Å². The zero-order valence-electron chi connectivity index (χ0n) is 13.1. The predicted molar refractivity (Wildman–Crippen MR) is 92.4 cm³/mol. The minimum absolute atomic E-state index is 0.0853. The van der Waals surface area contributed by atoms with Crippen LogP contribution in [0.5, 0.6) is 0 Å². The van der Waals surface area contributed by atoms with E-state index in [0.29, 0.717) is 5.75 Å². The normalized spacial score (nSPS) is 13.1. The van der Waals surface area contributed by atoms with Crippen molar-refractivity contribution >= 4 is 40.6 Å². The lowest BCUT2D eigenvalue weighted by molar-refractivity contribution is -0.164. The van der Waals surface area contributed by atoms with Crippen molar-refractivity contribution in [2.75, 3.05) is 11.5 Å². The lowest BCUT2D eigenvalue weighted by Crippen LogP contribution is -2.32. The molecule has 2 atom stereocenters. The Kier molecular flexibility index (Phi) is 8.79. The molecule has 0 heterocycles. The number of esters is 1. The Morgan fingerprint density at radius 1 is 1.17 bits per heavy atom. The van der Waals surface area contributed by atoms with Crippen LogP contribution in [0.15, 0.2) is 30.3 Å². The standard InChI is InChI=1S/C16H20O5S2/c1-11(8-23-12(2)17)16(20)21-14(15(18)19)10-22-9-13-6-4-3-5-7-13/h3-7,11,14H,8-10H2,1-2H3,(H,18,19)/t11-,14+/m1/s1. The third-order valence-corrected chi connectivity index (χ3v) is 5.00. The molecule has 0 amide bonds. The SMILES string of the molecule is CC(=O)SC[C@@H](C)C(=O)O[C@@H](CSCc1ccccc1)C(=O)O. The molecule has 0 spiro atoms. The molecule has 23 heavy (non-hydrogen) atoms. The van der Waals surface area contributed by atoms with E-state index >= 15 is 0 Å². The van der Waals surface area contributed by atoms with Gasteiger partial charge in [-0.3, -0.25) is 9.59 Å². The van der Waals surface area contributed by atoms with Crippen LogP contribution in [0.2, 0.25) is 0 Å². The molecule has 1 aromatic carbocycles. The molecule has 0 aliphatic heterocycles. The average molecular weight is 356 g/mol. The van der Waals surface area contributed by atoms with Crippen molar-refractivity contribution in [2.45, 2.75) is 25.7 Å². The van der Waals surface area contributed by atoms with E-state index in [1.165, 1.54) is 18.7 Å². The molecule has 0 fully saturated rings. The monoisotopic (exact) mass is 356 g/mol. The van der Waals surface area contributed by atoms with Crippen LogP contribution in [-0.4, -0.2) is 39.8 Å². The number of carbonyl (C=O) groups is 3. The topological polar surface area (TPSA) is 80.7 Å². The number of rotatable bonds is 9. The van der Waals surface area contributed by atoms with Gasteiger partial charge in [0.15, 0.2) is 5.12 Å². The van der Waals surface area contributed by atoms with Gasteiger partial charge in [-0.25, -0.2) is 4.79 Å². The minimum atomic E-state index is -1.18. The molecule has 0 saturated carbocycles. The van der Waals surface area contributed by atoms with Crippen LogP contribution in [-0.2, 0) is 24.9 Å². The van der Waals surface area contributed by atoms with Crippen LogP contribution in [0.1, 0.15) is 19.4 Å². The highest BCUT2D eigenvalue weighted by Crippen LogP contribution is 2.16. The third-order valence-electron chi connectivity index (χ3n) is 2.85. The van der Waals surface area contributed by atoms with Crippen LogP contribution in [0.3, 0.4) is 0 Å². The molecule has 0 saturated heterocycles. The van der Waals surface area contributed by atoms with E-state index in [9.17, 15) is 14.4 Å². The Labute approximate surface area is 144 Å². The summed E-state index contributed by atoms with van der Waals surface area (Å²) in [6.45, 7) is 3.04. The number of ether oxygens (including phenoxy) is 1. The zero-order chi connectivity index (χ0) is 17.2.